The molecule has 40 heavy (non-hydrogen) atoms. The van der Waals surface area contributed by atoms with Gasteiger partial charge in [-0.1, -0.05) is 12.1 Å². The molecule has 10 heteroatoms. The molecule has 2 amide bonds. The van der Waals surface area contributed by atoms with E-state index in [2.05, 4.69) is 20.1 Å². The maximum Gasteiger partial charge on any atom is 0.270 e. The molecule has 0 unspecified atom stereocenters. The summed E-state index contributed by atoms with van der Waals surface area (Å²) >= 11 is 0. The Morgan fingerprint density at radius 3 is 2.00 bits per heavy atom. The van der Waals surface area contributed by atoms with Crippen molar-refractivity contribution in [2.75, 3.05) is 39.3 Å². The molecule has 210 valence electrons. The quantitative estimate of drug-likeness (QED) is 0.483. The van der Waals surface area contributed by atoms with E-state index >= 15 is 0 Å². The van der Waals surface area contributed by atoms with Gasteiger partial charge in [-0.05, 0) is 60.4 Å². The van der Waals surface area contributed by atoms with Gasteiger partial charge in [0.05, 0.1) is 5.56 Å². The van der Waals surface area contributed by atoms with Crippen LogP contribution in [0, 0.1) is 17.5 Å². The summed E-state index contributed by atoms with van der Waals surface area (Å²) in [6.07, 6.45) is 2.88. The molecule has 3 aromatic rings. The van der Waals surface area contributed by atoms with E-state index in [0.717, 1.165) is 24.7 Å². The molecule has 0 radical (unpaired) electrons. The van der Waals surface area contributed by atoms with Crippen LogP contribution in [0.4, 0.5) is 13.2 Å². The minimum atomic E-state index is -0.585. The van der Waals surface area contributed by atoms with Gasteiger partial charge >= 0.3 is 0 Å². The predicted molar refractivity (Wildman–Crippen MR) is 144 cm³/mol. The molecule has 2 aliphatic rings. The van der Waals surface area contributed by atoms with E-state index in [-0.39, 0.29) is 29.4 Å². The van der Waals surface area contributed by atoms with Crippen LogP contribution in [0.15, 0.2) is 60.8 Å². The Balaban J connectivity index is 1.06. The second-order valence-electron chi connectivity index (χ2n) is 10.4. The van der Waals surface area contributed by atoms with Crippen LogP contribution in [0.2, 0.25) is 0 Å². The predicted octanol–water partition coefficient (Wildman–Crippen LogP) is 3.85. The van der Waals surface area contributed by atoms with Crippen molar-refractivity contribution in [3.05, 3.63) is 101 Å². The number of rotatable bonds is 7. The third-order valence-electron chi connectivity index (χ3n) is 7.47. The highest BCUT2D eigenvalue weighted by Crippen LogP contribution is 2.17. The largest absolute Gasteiger partial charge is 0.348 e. The number of pyridine rings is 1. The molecule has 5 rings (SSSR count). The van der Waals surface area contributed by atoms with Crippen molar-refractivity contribution in [3.8, 4) is 0 Å². The fourth-order valence-corrected chi connectivity index (χ4v) is 5.25. The lowest BCUT2D eigenvalue weighted by molar-refractivity contribution is 0.0627. The molecule has 1 aromatic heterocycles. The number of nitrogens with zero attached hydrogens (tertiary/aromatic N) is 4. The van der Waals surface area contributed by atoms with Gasteiger partial charge in [-0.3, -0.25) is 24.4 Å². The first-order chi connectivity index (χ1) is 19.3. The number of amides is 2. The summed E-state index contributed by atoms with van der Waals surface area (Å²) in [7, 11) is 0. The molecule has 3 heterocycles. The summed E-state index contributed by atoms with van der Waals surface area (Å²) in [5.74, 6) is -1.84. The molecule has 2 aromatic carbocycles. The van der Waals surface area contributed by atoms with Gasteiger partial charge in [-0.15, -0.1) is 0 Å². The van der Waals surface area contributed by atoms with E-state index < -0.39 is 11.6 Å². The number of hydrogen-bond acceptors (Lipinski definition) is 5. The molecular weight excluding hydrogens is 519 g/mol. The fraction of sp³-hybridized carbons (Fsp3) is 0.367. The van der Waals surface area contributed by atoms with Crippen molar-refractivity contribution >= 4 is 11.8 Å². The number of nitrogens with one attached hydrogen (secondary N) is 1. The van der Waals surface area contributed by atoms with Crippen molar-refractivity contribution < 1.29 is 22.8 Å². The first-order valence-corrected chi connectivity index (χ1v) is 13.5. The second-order valence-corrected chi connectivity index (χ2v) is 10.4. The van der Waals surface area contributed by atoms with Crippen molar-refractivity contribution in [1.29, 1.82) is 0 Å². The summed E-state index contributed by atoms with van der Waals surface area (Å²) < 4.78 is 40.1. The minimum Gasteiger partial charge on any atom is -0.348 e. The number of carbonyl (C=O) groups is 2. The zero-order valence-electron chi connectivity index (χ0n) is 22.2. The van der Waals surface area contributed by atoms with Gasteiger partial charge in [0.15, 0.2) is 0 Å². The van der Waals surface area contributed by atoms with Crippen molar-refractivity contribution in [2.24, 2.45) is 0 Å². The molecule has 2 aliphatic heterocycles. The average molecular weight is 552 g/mol. The second kappa shape index (κ2) is 12.6. The summed E-state index contributed by atoms with van der Waals surface area (Å²) in [5, 5.41) is 3.01. The van der Waals surface area contributed by atoms with E-state index in [1.807, 2.05) is 0 Å². The number of halogens is 3. The van der Waals surface area contributed by atoms with Crippen LogP contribution in [-0.4, -0.2) is 76.8 Å². The SMILES string of the molecule is O=C(NC1CCN(Cc2cc(F)cc(F)c2)CC1)c1ccc(C(=O)N2CCN(Cc3ccc(F)cc3)CC2)cn1. The fourth-order valence-electron chi connectivity index (χ4n) is 5.25. The van der Waals surface area contributed by atoms with E-state index in [1.54, 1.807) is 29.2 Å². The van der Waals surface area contributed by atoms with Crippen LogP contribution in [0.1, 0.15) is 44.8 Å². The van der Waals surface area contributed by atoms with Crippen molar-refractivity contribution in [3.63, 3.8) is 0 Å². The highest BCUT2D eigenvalue weighted by Gasteiger charge is 2.24. The van der Waals surface area contributed by atoms with E-state index in [1.165, 1.54) is 30.5 Å². The third kappa shape index (κ3) is 7.25. The number of piperazine rings is 1. The van der Waals surface area contributed by atoms with Crippen LogP contribution in [0.25, 0.3) is 0 Å². The normalized spacial score (nSPS) is 17.1. The number of benzene rings is 2. The highest BCUT2D eigenvalue weighted by atomic mass is 19.1. The molecule has 7 nitrogen and oxygen atoms in total. The standard InChI is InChI=1S/C30H32F3N5O2/c31-24-4-1-21(2-5-24)19-37-11-13-38(14-12-37)30(40)23-3-6-28(34-18-23)29(39)35-27-7-9-36(10-8-27)20-22-15-25(32)17-26(33)16-22/h1-6,15-18,27H,7-14,19-20H2,(H,35,39). The minimum absolute atomic E-state index is 0.0256. The van der Waals surface area contributed by atoms with E-state index in [4.69, 9.17) is 0 Å². The molecule has 0 bridgehead atoms. The number of aromatic nitrogens is 1. The smallest absolute Gasteiger partial charge is 0.270 e. The molecule has 0 atom stereocenters. The highest BCUT2D eigenvalue weighted by molar-refractivity contribution is 5.96. The van der Waals surface area contributed by atoms with Gasteiger partial charge in [-0.25, -0.2) is 13.2 Å². The summed E-state index contributed by atoms with van der Waals surface area (Å²) in [4.78, 5) is 36.1. The number of likely N-dealkylation sites (tertiary alicyclic amines) is 1. The van der Waals surface area contributed by atoms with E-state index in [9.17, 15) is 22.8 Å². The summed E-state index contributed by atoms with van der Waals surface area (Å²) in [6, 6.07) is 13.2. The Morgan fingerprint density at radius 2 is 1.38 bits per heavy atom. The van der Waals surface area contributed by atoms with Crippen LogP contribution in [-0.2, 0) is 13.1 Å². The summed E-state index contributed by atoms with van der Waals surface area (Å²) in [5.41, 5.74) is 2.31. The number of hydrogen-bond donors (Lipinski definition) is 1. The Labute approximate surface area is 231 Å². The molecule has 2 saturated heterocycles. The van der Waals surface area contributed by atoms with Crippen LogP contribution < -0.4 is 5.32 Å². The third-order valence-corrected chi connectivity index (χ3v) is 7.47. The van der Waals surface area contributed by atoms with Gasteiger partial charge in [0.1, 0.15) is 23.1 Å². The van der Waals surface area contributed by atoms with Crippen LogP contribution >= 0.6 is 0 Å². The van der Waals surface area contributed by atoms with Gasteiger partial charge in [0.25, 0.3) is 11.8 Å². The lowest BCUT2D eigenvalue weighted by atomic mass is 10.0. The lowest BCUT2D eigenvalue weighted by Crippen LogP contribution is -2.48. The Hall–Kier alpha value is -3.76. The molecular formula is C30H32F3N5O2. The molecule has 2 fully saturated rings. The maximum absolute atomic E-state index is 13.5. The Kier molecular flexibility index (Phi) is 8.76. The van der Waals surface area contributed by atoms with Gasteiger partial charge < -0.3 is 10.2 Å². The Bertz CT molecular complexity index is 1300. The van der Waals surface area contributed by atoms with Gasteiger partial charge in [0.2, 0.25) is 0 Å². The van der Waals surface area contributed by atoms with Gasteiger partial charge in [-0.2, -0.15) is 0 Å². The monoisotopic (exact) mass is 551 g/mol. The van der Waals surface area contributed by atoms with Crippen LogP contribution in [0.3, 0.4) is 0 Å². The van der Waals surface area contributed by atoms with E-state index in [0.29, 0.717) is 63.2 Å². The van der Waals surface area contributed by atoms with Crippen molar-refractivity contribution in [2.45, 2.75) is 32.0 Å². The van der Waals surface area contributed by atoms with Crippen LogP contribution in [0.5, 0.6) is 0 Å². The first kappa shape index (κ1) is 27.8. The molecule has 0 saturated carbocycles. The zero-order chi connectivity index (χ0) is 28.1. The maximum atomic E-state index is 13.5. The summed E-state index contributed by atoms with van der Waals surface area (Å²) in [6.45, 7) is 5.14. The average Bonchev–Trinajstić information content (AvgIpc) is 2.95. The number of carbonyl (C=O) groups excluding carboxylic acids is 2. The molecule has 1 N–H and O–H groups in total. The van der Waals surface area contributed by atoms with Crippen molar-refractivity contribution in [1.82, 2.24) is 25.0 Å². The first-order valence-electron chi connectivity index (χ1n) is 13.5. The zero-order valence-corrected chi connectivity index (χ0v) is 22.2. The van der Waals surface area contributed by atoms with Gasteiger partial charge in [0, 0.05) is 70.7 Å². The molecule has 0 aliphatic carbocycles. The molecule has 0 spiro atoms. The topological polar surface area (TPSA) is 68.8 Å². The number of piperidine rings is 1. The Morgan fingerprint density at radius 1 is 0.750 bits per heavy atom. The lowest BCUT2D eigenvalue weighted by Gasteiger charge is -2.34.